The molecule has 0 saturated carbocycles. The molecule has 0 amide bonds. The maximum absolute atomic E-state index is 4.43. The molecule has 0 N–H and O–H groups in total. The topological polar surface area (TPSA) is 12.4 Å². The highest BCUT2D eigenvalue weighted by atomic mass is 127. The molecular weight excluding hydrogens is 257 g/mol. The van der Waals surface area contributed by atoms with Gasteiger partial charge in [0.1, 0.15) is 0 Å². The second-order valence-electron chi connectivity index (χ2n) is 2.38. The third-order valence-electron chi connectivity index (χ3n) is 1.55. The molecule has 1 unspecified atom stereocenters. The molecule has 0 aromatic carbocycles. The summed E-state index contributed by atoms with van der Waals surface area (Å²) in [7, 11) is 0. The van der Waals surface area contributed by atoms with Crippen LogP contribution in [0, 0.1) is 0 Å². The first-order valence-electron chi connectivity index (χ1n) is 3.20. The second-order valence-corrected chi connectivity index (χ2v) is 5.40. The summed E-state index contributed by atoms with van der Waals surface area (Å²) in [5.41, 5.74) is 1.40. The number of aliphatic imine (C=N–C) groups is 1. The van der Waals surface area contributed by atoms with Crippen LogP contribution >= 0.6 is 34.4 Å². The number of hydrogen-bond donors (Lipinski definition) is 0. The summed E-state index contributed by atoms with van der Waals surface area (Å²) in [6, 6.07) is 0.396. The van der Waals surface area contributed by atoms with Crippen molar-refractivity contribution in [2.45, 2.75) is 26.8 Å². The Morgan fingerprint density at radius 1 is 1.50 bits per heavy atom. The Morgan fingerprint density at radius 3 is 2.60 bits per heavy atom. The molecule has 1 atom stereocenters. The summed E-state index contributed by atoms with van der Waals surface area (Å²) >= 11 is 4.14. The largest absolute Gasteiger partial charge is 0.275 e. The van der Waals surface area contributed by atoms with E-state index in [1.165, 1.54) is 13.5 Å². The summed E-state index contributed by atoms with van der Waals surface area (Å²) in [6.07, 6.45) is 0. The van der Waals surface area contributed by atoms with Gasteiger partial charge >= 0.3 is 0 Å². The molecule has 1 aliphatic rings. The molecule has 0 aliphatic carbocycles. The van der Waals surface area contributed by atoms with Gasteiger partial charge in [-0.2, -0.15) is 0 Å². The molecule has 1 aliphatic heterocycles. The van der Waals surface area contributed by atoms with Gasteiger partial charge < -0.3 is 0 Å². The van der Waals surface area contributed by atoms with E-state index in [9.17, 15) is 0 Å². The molecule has 10 heavy (non-hydrogen) atoms. The van der Waals surface area contributed by atoms with Gasteiger partial charge in [-0.15, -0.1) is 0 Å². The minimum absolute atomic E-state index is 0.396. The quantitative estimate of drug-likeness (QED) is 0.614. The molecule has 1 rings (SSSR count). The Bertz CT molecular complexity index is 208. The van der Waals surface area contributed by atoms with Crippen molar-refractivity contribution in [2.75, 3.05) is 0 Å². The molecule has 1 heterocycles. The average molecular weight is 267 g/mol. The van der Waals surface area contributed by atoms with Gasteiger partial charge in [0.25, 0.3) is 0 Å². The molecule has 56 valence electrons. The van der Waals surface area contributed by atoms with Gasteiger partial charge in [0, 0.05) is 0 Å². The van der Waals surface area contributed by atoms with Gasteiger partial charge in [-0.05, 0) is 48.9 Å². The predicted octanol–water partition coefficient (Wildman–Crippen LogP) is 3.21. The third-order valence-corrected chi connectivity index (χ3v) is 3.96. The standard InChI is InChI=1S/C7H10INS/c1-4-5(2)9-6(3)10-7(4)8/h5H,1-3H3. The van der Waals surface area contributed by atoms with E-state index in [0.717, 1.165) is 0 Å². The molecule has 1 nitrogen and oxygen atoms in total. The van der Waals surface area contributed by atoms with E-state index in [2.05, 4.69) is 48.4 Å². The Balaban J connectivity index is 2.85. The number of halogens is 1. The van der Waals surface area contributed by atoms with E-state index in [0.29, 0.717) is 6.04 Å². The van der Waals surface area contributed by atoms with E-state index >= 15 is 0 Å². The minimum Gasteiger partial charge on any atom is -0.275 e. The van der Waals surface area contributed by atoms with Crippen LogP contribution in [0.1, 0.15) is 20.8 Å². The zero-order valence-corrected chi connectivity index (χ0v) is 9.28. The van der Waals surface area contributed by atoms with Gasteiger partial charge in [-0.25, -0.2) is 0 Å². The second kappa shape index (κ2) is 3.26. The van der Waals surface area contributed by atoms with Gasteiger partial charge in [0.2, 0.25) is 0 Å². The number of hydrogen-bond acceptors (Lipinski definition) is 2. The summed E-state index contributed by atoms with van der Waals surface area (Å²) in [4.78, 5) is 4.43. The molecule has 0 fully saturated rings. The predicted molar refractivity (Wildman–Crippen MR) is 56.9 cm³/mol. The number of nitrogens with zero attached hydrogens (tertiary/aromatic N) is 1. The summed E-state index contributed by atoms with van der Waals surface area (Å²) in [6.45, 7) is 6.35. The van der Waals surface area contributed by atoms with Crippen LogP contribution in [0.3, 0.4) is 0 Å². The van der Waals surface area contributed by atoms with Crippen molar-refractivity contribution in [1.82, 2.24) is 0 Å². The van der Waals surface area contributed by atoms with E-state index in [-0.39, 0.29) is 0 Å². The smallest absolute Gasteiger partial charge is 0.0706 e. The zero-order chi connectivity index (χ0) is 7.72. The van der Waals surface area contributed by atoms with Crippen LogP contribution in [0.25, 0.3) is 0 Å². The fourth-order valence-electron chi connectivity index (χ4n) is 0.770. The molecular formula is C7H10INS. The van der Waals surface area contributed by atoms with Crippen molar-refractivity contribution in [3.8, 4) is 0 Å². The van der Waals surface area contributed by atoms with Crippen molar-refractivity contribution in [2.24, 2.45) is 4.99 Å². The fourth-order valence-corrected chi connectivity index (χ4v) is 2.98. The van der Waals surface area contributed by atoms with E-state index < -0.39 is 0 Å². The normalized spacial score (nSPS) is 26.8. The lowest BCUT2D eigenvalue weighted by molar-refractivity contribution is 0.864. The number of thioether (sulfide) groups is 1. The van der Waals surface area contributed by atoms with Gasteiger partial charge in [-0.3, -0.25) is 4.99 Å². The maximum atomic E-state index is 4.43. The van der Waals surface area contributed by atoms with Crippen LogP contribution in [0.15, 0.2) is 13.5 Å². The molecule has 3 heteroatoms. The van der Waals surface area contributed by atoms with Crippen molar-refractivity contribution in [3.63, 3.8) is 0 Å². The average Bonchev–Trinajstić information content (AvgIpc) is 1.82. The van der Waals surface area contributed by atoms with Crippen molar-refractivity contribution >= 4 is 39.4 Å². The van der Waals surface area contributed by atoms with Gasteiger partial charge in [0.05, 0.1) is 14.0 Å². The van der Waals surface area contributed by atoms with Crippen LogP contribution in [0.2, 0.25) is 0 Å². The molecule has 0 bridgehead atoms. The van der Waals surface area contributed by atoms with E-state index in [1.54, 1.807) is 11.8 Å². The van der Waals surface area contributed by atoms with Crippen molar-refractivity contribution < 1.29 is 0 Å². The third kappa shape index (κ3) is 1.75. The molecule has 0 radical (unpaired) electrons. The van der Waals surface area contributed by atoms with Crippen LogP contribution in [0.5, 0.6) is 0 Å². The lowest BCUT2D eigenvalue weighted by Gasteiger charge is -2.16. The number of rotatable bonds is 0. The molecule has 0 spiro atoms. The highest BCUT2D eigenvalue weighted by Crippen LogP contribution is 2.34. The van der Waals surface area contributed by atoms with Crippen LogP contribution < -0.4 is 0 Å². The highest BCUT2D eigenvalue weighted by Gasteiger charge is 2.13. The fraction of sp³-hybridized carbons (Fsp3) is 0.571. The van der Waals surface area contributed by atoms with Gasteiger partial charge in [-0.1, -0.05) is 11.8 Å². The SMILES string of the molecule is CC1=NC(C)C(C)=C(I)S1. The zero-order valence-electron chi connectivity index (χ0n) is 6.31. The Kier molecular flexibility index (Phi) is 2.80. The summed E-state index contributed by atoms with van der Waals surface area (Å²) < 4.78 is 1.39. The first-order valence-corrected chi connectivity index (χ1v) is 5.09. The maximum Gasteiger partial charge on any atom is 0.0706 e. The molecule has 0 aromatic rings. The van der Waals surface area contributed by atoms with Crippen LogP contribution in [-0.2, 0) is 0 Å². The lowest BCUT2D eigenvalue weighted by atomic mass is 10.2. The highest BCUT2D eigenvalue weighted by molar-refractivity contribution is 14.1. The van der Waals surface area contributed by atoms with Crippen LogP contribution in [0.4, 0.5) is 0 Å². The van der Waals surface area contributed by atoms with Crippen molar-refractivity contribution in [1.29, 1.82) is 0 Å². The van der Waals surface area contributed by atoms with E-state index in [4.69, 9.17) is 0 Å². The summed E-state index contributed by atoms with van der Waals surface area (Å²) in [5, 5.41) is 1.18. The van der Waals surface area contributed by atoms with Crippen LogP contribution in [-0.4, -0.2) is 11.1 Å². The first-order chi connectivity index (χ1) is 4.61. The molecule has 0 aromatic heterocycles. The van der Waals surface area contributed by atoms with E-state index in [1.807, 2.05) is 0 Å². The first kappa shape index (κ1) is 8.59. The Morgan fingerprint density at radius 2 is 2.10 bits per heavy atom. The van der Waals surface area contributed by atoms with Crippen molar-refractivity contribution in [3.05, 3.63) is 8.48 Å². The molecule has 0 saturated heterocycles. The Labute approximate surface area is 79.5 Å². The van der Waals surface area contributed by atoms with Gasteiger partial charge in [0.15, 0.2) is 0 Å². The lowest BCUT2D eigenvalue weighted by Crippen LogP contribution is -2.07. The monoisotopic (exact) mass is 267 g/mol. The summed E-state index contributed by atoms with van der Waals surface area (Å²) in [5.74, 6) is 0. The minimum atomic E-state index is 0.396. The Hall–Kier alpha value is 0.490.